The molecule has 1 heterocycles. The number of aryl methyl sites for hydroxylation is 1. The molecule has 0 aliphatic heterocycles. The van der Waals surface area contributed by atoms with Gasteiger partial charge in [0.05, 0.1) is 12.8 Å². The van der Waals surface area contributed by atoms with Crippen LogP contribution >= 0.6 is 11.6 Å². The van der Waals surface area contributed by atoms with Gasteiger partial charge >= 0.3 is 0 Å². The Bertz CT molecular complexity index is 611. The van der Waals surface area contributed by atoms with Gasteiger partial charge in [-0.3, -0.25) is 9.48 Å². The molecule has 20 heavy (non-hydrogen) atoms. The van der Waals surface area contributed by atoms with E-state index in [0.717, 1.165) is 5.56 Å². The van der Waals surface area contributed by atoms with Crippen molar-refractivity contribution in [3.8, 4) is 5.75 Å². The standard InChI is InChI=1S/C14H16ClN3O2/c1-9-7-12(13(20-3)8-11(9)15)17-14(19)10(2)18-6-4-5-16-18/h4-8,10H,1-3H3,(H,17,19). The fourth-order valence-electron chi connectivity index (χ4n) is 1.80. The highest BCUT2D eigenvalue weighted by molar-refractivity contribution is 6.31. The highest BCUT2D eigenvalue weighted by Gasteiger charge is 2.17. The second-order valence-electron chi connectivity index (χ2n) is 4.45. The summed E-state index contributed by atoms with van der Waals surface area (Å²) in [6.07, 6.45) is 3.38. The van der Waals surface area contributed by atoms with Gasteiger partial charge in [-0.1, -0.05) is 11.6 Å². The number of hydrogen-bond donors (Lipinski definition) is 1. The van der Waals surface area contributed by atoms with Crippen molar-refractivity contribution in [2.75, 3.05) is 12.4 Å². The lowest BCUT2D eigenvalue weighted by molar-refractivity contribution is -0.119. The SMILES string of the molecule is COc1cc(Cl)c(C)cc1NC(=O)C(C)n1cccn1. The molecule has 0 aliphatic rings. The maximum Gasteiger partial charge on any atom is 0.249 e. The van der Waals surface area contributed by atoms with E-state index in [4.69, 9.17) is 16.3 Å². The summed E-state index contributed by atoms with van der Waals surface area (Å²) < 4.78 is 6.82. The minimum atomic E-state index is -0.411. The average molecular weight is 294 g/mol. The number of nitrogens with zero attached hydrogens (tertiary/aromatic N) is 2. The Hall–Kier alpha value is -2.01. The summed E-state index contributed by atoms with van der Waals surface area (Å²) in [5.74, 6) is 0.357. The average Bonchev–Trinajstić information content (AvgIpc) is 2.95. The Morgan fingerprint density at radius 1 is 1.50 bits per heavy atom. The molecule has 0 saturated heterocycles. The lowest BCUT2D eigenvalue weighted by atomic mass is 10.2. The van der Waals surface area contributed by atoms with Crippen LogP contribution in [0.5, 0.6) is 5.75 Å². The predicted molar refractivity (Wildman–Crippen MR) is 78.3 cm³/mol. The van der Waals surface area contributed by atoms with E-state index < -0.39 is 6.04 Å². The second-order valence-corrected chi connectivity index (χ2v) is 4.86. The van der Waals surface area contributed by atoms with E-state index in [1.165, 1.54) is 7.11 Å². The summed E-state index contributed by atoms with van der Waals surface area (Å²) in [6, 6.07) is 4.84. The van der Waals surface area contributed by atoms with Gasteiger partial charge in [-0.25, -0.2) is 0 Å². The molecule has 0 aliphatic carbocycles. The van der Waals surface area contributed by atoms with Crippen molar-refractivity contribution in [2.45, 2.75) is 19.9 Å². The van der Waals surface area contributed by atoms with Crippen LogP contribution in [-0.4, -0.2) is 22.8 Å². The molecule has 1 N–H and O–H groups in total. The molecule has 106 valence electrons. The lowest BCUT2D eigenvalue weighted by Gasteiger charge is -2.15. The van der Waals surface area contributed by atoms with Crippen LogP contribution in [0, 0.1) is 6.92 Å². The van der Waals surface area contributed by atoms with Gasteiger partial charge in [0.2, 0.25) is 5.91 Å². The molecule has 1 atom stereocenters. The number of benzene rings is 1. The number of carbonyl (C=O) groups is 1. The van der Waals surface area contributed by atoms with Crippen LogP contribution in [0.4, 0.5) is 5.69 Å². The summed E-state index contributed by atoms with van der Waals surface area (Å²) >= 11 is 6.04. The van der Waals surface area contributed by atoms with Crippen LogP contribution in [0.15, 0.2) is 30.6 Å². The molecular formula is C14H16ClN3O2. The molecular weight excluding hydrogens is 278 g/mol. The first-order valence-corrected chi connectivity index (χ1v) is 6.55. The molecule has 0 radical (unpaired) electrons. The van der Waals surface area contributed by atoms with Gasteiger partial charge in [-0.05, 0) is 31.5 Å². The first kappa shape index (κ1) is 14.4. The number of hydrogen-bond acceptors (Lipinski definition) is 3. The highest BCUT2D eigenvalue weighted by atomic mass is 35.5. The predicted octanol–water partition coefficient (Wildman–Crippen LogP) is 3.05. The molecule has 6 heteroatoms. The third-order valence-corrected chi connectivity index (χ3v) is 3.45. The molecule has 5 nitrogen and oxygen atoms in total. The minimum Gasteiger partial charge on any atom is -0.495 e. The zero-order valence-corrected chi connectivity index (χ0v) is 12.3. The minimum absolute atomic E-state index is 0.172. The molecule has 0 spiro atoms. The van der Waals surface area contributed by atoms with E-state index in [-0.39, 0.29) is 5.91 Å². The third-order valence-electron chi connectivity index (χ3n) is 3.04. The van der Waals surface area contributed by atoms with Gasteiger partial charge in [-0.15, -0.1) is 0 Å². The van der Waals surface area contributed by atoms with Crippen LogP contribution in [0.25, 0.3) is 0 Å². The molecule has 2 rings (SSSR count). The quantitative estimate of drug-likeness (QED) is 0.942. The van der Waals surface area contributed by atoms with Crippen LogP contribution in [0.1, 0.15) is 18.5 Å². The maximum absolute atomic E-state index is 12.2. The van der Waals surface area contributed by atoms with Crippen molar-refractivity contribution in [1.29, 1.82) is 0 Å². The molecule has 1 aromatic heterocycles. The molecule has 1 amide bonds. The van der Waals surface area contributed by atoms with Gasteiger partial charge in [-0.2, -0.15) is 5.10 Å². The number of ether oxygens (including phenoxy) is 1. The normalized spacial score (nSPS) is 12.0. The number of nitrogens with one attached hydrogen (secondary N) is 1. The van der Waals surface area contributed by atoms with E-state index in [1.54, 1.807) is 42.2 Å². The van der Waals surface area contributed by atoms with Gasteiger partial charge in [0.1, 0.15) is 11.8 Å². The van der Waals surface area contributed by atoms with Gasteiger partial charge in [0, 0.05) is 23.5 Å². The molecule has 0 fully saturated rings. The lowest BCUT2D eigenvalue weighted by Crippen LogP contribution is -2.24. The molecule has 1 unspecified atom stereocenters. The van der Waals surface area contributed by atoms with E-state index in [1.807, 2.05) is 6.92 Å². The maximum atomic E-state index is 12.2. The first-order chi connectivity index (χ1) is 9.52. The number of halogens is 1. The molecule has 0 saturated carbocycles. The highest BCUT2D eigenvalue weighted by Crippen LogP contribution is 2.31. The summed E-state index contributed by atoms with van der Waals surface area (Å²) in [5.41, 5.74) is 1.47. The van der Waals surface area contributed by atoms with E-state index in [9.17, 15) is 4.79 Å². The van der Waals surface area contributed by atoms with Crippen LogP contribution in [0.3, 0.4) is 0 Å². The number of anilines is 1. The number of carbonyl (C=O) groups excluding carboxylic acids is 1. The fourth-order valence-corrected chi connectivity index (χ4v) is 1.95. The largest absolute Gasteiger partial charge is 0.495 e. The van der Waals surface area contributed by atoms with E-state index in [0.29, 0.717) is 16.5 Å². The van der Waals surface area contributed by atoms with Crippen LogP contribution in [-0.2, 0) is 4.79 Å². The summed E-state index contributed by atoms with van der Waals surface area (Å²) in [6.45, 7) is 3.64. The van der Waals surface area contributed by atoms with Crippen molar-refractivity contribution < 1.29 is 9.53 Å². The summed E-state index contributed by atoms with van der Waals surface area (Å²) in [7, 11) is 1.54. The number of methoxy groups -OCH3 is 1. The van der Waals surface area contributed by atoms with Crippen molar-refractivity contribution in [3.05, 3.63) is 41.2 Å². The van der Waals surface area contributed by atoms with Crippen molar-refractivity contribution in [1.82, 2.24) is 9.78 Å². The Labute approximate surface area is 122 Å². The van der Waals surface area contributed by atoms with E-state index in [2.05, 4.69) is 10.4 Å². The van der Waals surface area contributed by atoms with E-state index >= 15 is 0 Å². The number of rotatable bonds is 4. The summed E-state index contributed by atoms with van der Waals surface area (Å²) in [5, 5.41) is 7.49. The Morgan fingerprint density at radius 3 is 2.85 bits per heavy atom. The van der Waals surface area contributed by atoms with Crippen molar-refractivity contribution in [2.24, 2.45) is 0 Å². The monoisotopic (exact) mass is 293 g/mol. The Morgan fingerprint density at radius 2 is 2.25 bits per heavy atom. The van der Waals surface area contributed by atoms with Gasteiger partial charge < -0.3 is 10.1 Å². The summed E-state index contributed by atoms with van der Waals surface area (Å²) in [4.78, 5) is 12.2. The first-order valence-electron chi connectivity index (χ1n) is 6.17. The van der Waals surface area contributed by atoms with Gasteiger partial charge in [0.25, 0.3) is 0 Å². The number of aromatic nitrogens is 2. The topological polar surface area (TPSA) is 56.1 Å². The molecule has 2 aromatic rings. The zero-order valence-electron chi connectivity index (χ0n) is 11.6. The van der Waals surface area contributed by atoms with Crippen LogP contribution in [0.2, 0.25) is 5.02 Å². The van der Waals surface area contributed by atoms with Crippen molar-refractivity contribution in [3.63, 3.8) is 0 Å². The Balaban J connectivity index is 2.21. The number of amides is 1. The second kappa shape index (κ2) is 5.96. The van der Waals surface area contributed by atoms with Crippen molar-refractivity contribution >= 4 is 23.2 Å². The fraction of sp³-hybridized carbons (Fsp3) is 0.286. The third kappa shape index (κ3) is 2.93. The Kier molecular flexibility index (Phi) is 4.29. The van der Waals surface area contributed by atoms with Gasteiger partial charge in [0.15, 0.2) is 0 Å². The molecule has 1 aromatic carbocycles. The van der Waals surface area contributed by atoms with Crippen LogP contribution < -0.4 is 10.1 Å². The smallest absolute Gasteiger partial charge is 0.249 e. The zero-order chi connectivity index (χ0) is 14.7. The molecule has 0 bridgehead atoms.